The number of aromatic nitrogens is 5. The smallest absolute Gasteiger partial charge is 0.279 e. The van der Waals surface area contributed by atoms with Crippen molar-refractivity contribution in [3.63, 3.8) is 0 Å². The Morgan fingerprint density at radius 3 is 2.68 bits per heavy atom. The molecule has 0 aromatic carbocycles. The zero-order valence-electron chi connectivity index (χ0n) is 18.7. The normalized spacial score (nSPS) is 14.1. The van der Waals surface area contributed by atoms with Crippen LogP contribution in [0.15, 0.2) is 53.7 Å². The standard InChI is InChI=1S/C23H24N8O3/c1-13(32)14-5-8-20(25-11-14)30-9-3-4-16(23(30)34)28-19-10-17(24-2)21-26-12-18(31(21)29-19)22(33)27-15-6-7-15/h3-5,8-13,15,24,32H,6-7H2,1-2H3,(H,27,33)(H,28,29). The van der Waals surface area contributed by atoms with E-state index < -0.39 is 6.10 Å². The molecule has 1 aliphatic rings. The average Bonchev–Trinajstić information content (AvgIpc) is 3.55. The van der Waals surface area contributed by atoms with Gasteiger partial charge in [-0.2, -0.15) is 0 Å². The summed E-state index contributed by atoms with van der Waals surface area (Å²) in [4.78, 5) is 34.4. The number of hydrogen-bond acceptors (Lipinski definition) is 8. The maximum absolute atomic E-state index is 13.1. The highest BCUT2D eigenvalue weighted by Crippen LogP contribution is 2.23. The molecule has 1 aliphatic carbocycles. The summed E-state index contributed by atoms with van der Waals surface area (Å²) in [6.07, 6.45) is 5.94. The zero-order valence-corrected chi connectivity index (χ0v) is 18.7. The number of carbonyl (C=O) groups excluding carboxylic acids is 1. The Balaban J connectivity index is 1.49. The summed E-state index contributed by atoms with van der Waals surface area (Å²) in [7, 11) is 1.75. The molecule has 1 unspecified atom stereocenters. The Morgan fingerprint density at radius 1 is 1.18 bits per heavy atom. The van der Waals surface area contributed by atoms with Crippen LogP contribution in [0.5, 0.6) is 0 Å². The molecule has 0 aliphatic heterocycles. The van der Waals surface area contributed by atoms with Crippen LogP contribution in [0.4, 0.5) is 17.2 Å². The summed E-state index contributed by atoms with van der Waals surface area (Å²) in [5, 5.41) is 23.3. The number of aliphatic hydroxyl groups excluding tert-OH is 1. The summed E-state index contributed by atoms with van der Waals surface area (Å²) in [6.45, 7) is 1.65. The van der Waals surface area contributed by atoms with E-state index in [1.807, 2.05) is 0 Å². The van der Waals surface area contributed by atoms with Crippen LogP contribution in [0.25, 0.3) is 11.5 Å². The number of anilines is 3. The van der Waals surface area contributed by atoms with Gasteiger partial charge in [-0.3, -0.25) is 14.2 Å². The minimum atomic E-state index is -0.645. The molecular weight excluding hydrogens is 436 g/mol. The molecule has 0 radical (unpaired) electrons. The van der Waals surface area contributed by atoms with Crippen LogP contribution >= 0.6 is 0 Å². The summed E-state index contributed by atoms with van der Waals surface area (Å²) in [6, 6.07) is 8.68. The van der Waals surface area contributed by atoms with Crippen LogP contribution in [-0.4, -0.2) is 48.3 Å². The van der Waals surface area contributed by atoms with Gasteiger partial charge < -0.3 is 21.1 Å². The van der Waals surface area contributed by atoms with Gasteiger partial charge >= 0.3 is 0 Å². The summed E-state index contributed by atoms with van der Waals surface area (Å²) in [5.41, 5.74) is 2.07. The number of hydrogen-bond donors (Lipinski definition) is 4. The van der Waals surface area contributed by atoms with Gasteiger partial charge in [0.25, 0.3) is 11.5 Å². The lowest BCUT2D eigenvalue weighted by Crippen LogP contribution is -2.27. The second kappa shape index (κ2) is 8.60. The minimum Gasteiger partial charge on any atom is -0.389 e. The SMILES string of the molecule is CNc1cc(Nc2cccn(-c3ccc(C(C)O)cn3)c2=O)nn2c(C(=O)NC3CC3)cnc12. The van der Waals surface area contributed by atoms with Crippen molar-refractivity contribution in [1.82, 2.24) is 29.5 Å². The molecule has 1 amide bonds. The predicted octanol–water partition coefficient (Wildman–Crippen LogP) is 2.01. The van der Waals surface area contributed by atoms with Gasteiger partial charge in [0.2, 0.25) is 0 Å². The Labute approximate surface area is 194 Å². The van der Waals surface area contributed by atoms with Crippen molar-refractivity contribution in [3.05, 3.63) is 70.5 Å². The second-order valence-electron chi connectivity index (χ2n) is 8.17. The fourth-order valence-electron chi connectivity index (χ4n) is 3.55. The third kappa shape index (κ3) is 4.08. The molecule has 1 saturated carbocycles. The highest BCUT2D eigenvalue weighted by Gasteiger charge is 2.26. The van der Waals surface area contributed by atoms with E-state index in [9.17, 15) is 14.7 Å². The maximum Gasteiger partial charge on any atom is 0.279 e. The Morgan fingerprint density at radius 2 is 2.00 bits per heavy atom. The van der Waals surface area contributed by atoms with Gasteiger partial charge in [0.1, 0.15) is 11.5 Å². The van der Waals surface area contributed by atoms with Crippen molar-refractivity contribution >= 4 is 28.7 Å². The summed E-state index contributed by atoms with van der Waals surface area (Å²) >= 11 is 0. The highest BCUT2D eigenvalue weighted by atomic mass is 16.3. The number of nitrogens with one attached hydrogen (secondary N) is 3. The highest BCUT2D eigenvalue weighted by molar-refractivity contribution is 5.94. The number of amides is 1. The van der Waals surface area contributed by atoms with Gasteiger partial charge in [-0.25, -0.2) is 14.5 Å². The summed E-state index contributed by atoms with van der Waals surface area (Å²) in [5.74, 6) is 0.545. The van der Waals surface area contributed by atoms with E-state index in [1.165, 1.54) is 21.5 Å². The van der Waals surface area contributed by atoms with E-state index in [4.69, 9.17) is 0 Å². The molecule has 11 heteroatoms. The monoisotopic (exact) mass is 460 g/mol. The van der Waals surface area contributed by atoms with E-state index in [-0.39, 0.29) is 23.2 Å². The van der Waals surface area contributed by atoms with Crippen molar-refractivity contribution in [2.75, 3.05) is 17.7 Å². The summed E-state index contributed by atoms with van der Waals surface area (Å²) < 4.78 is 2.86. The topological polar surface area (TPSA) is 138 Å². The molecule has 1 fully saturated rings. The first-order valence-electron chi connectivity index (χ1n) is 10.9. The molecule has 11 nitrogen and oxygen atoms in total. The van der Waals surface area contributed by atoms with Gasteiger partial charge in [-0.05, 0) is 43.5 Å². The van der Waals surface area contributed by atoms with Gasteiger partial charge in [0.15, 0.2) is 17.2 Å². The molecule has 0 saturated heterocycles. The van der Waals surface area contributed by atoms with Crippen LogP contribution in [0.2, 0.25) is 0 Å². The molecule has 4 N–H and O–H groups in total. The lowest BCUT2D eigenvalue weighted by atomic mass is 10.2. The van der Waals surface area contributed by atoms with Crippen LogP contribution < -0.4 is 21.5 Å². The molecule has 5 rings (SSSR count). The average molecular weight is 460 g/mol. The van der Waals surface area contributed by atoms with Crippen LogP contribution in [0, 0.1) is 0 Å². The molecule has 4 aromatic rings. The fraction of sp³-hybridized carbons (Fsp3) is 0.261. The molecule has 1 atom stereocenters. The van der Waals surface area contributed by atoms with Crippen LogP contribution in [0.1, 0.15) is 41.9 Å². The number of imidazole rings is 1. The predicted molar refractivity (Wildman–Crippen MR) is 127 cm³/mol. The van der Waals surface area contributed by atoms with Gasteiger partial charge in [0, 0.05) is 31.5 Å². The van der Waals surface area contributed by atoms with Crippen molar-refractivity contribution in [2.24, 2.45) is 0 Å². The van der Waals surface area contributed by atoms with Crippen molar-refractivity contribution in [3.8, 4) is 5.82 Å². The lowest BCUT2D eigenvalue weighted by Gasteiger charge is -2.12. The number of nitrogens with zero attached hydrogens (tertiary/aromatic N) is 5. The second-order valence-corrected chi connectivity index (χ2v) is 8.17. The first kappa shape index (κ1) is 21.6. The van der Waals surface area contributed by atoms with E-state index in [1.54, 1.807) is 50.5 Å². The minimum absolute atomic E-state index is 0.203. The Hall–Kier alpha value is -4.25. The van der Waals surface area contributed by atoms with Crippen molar-refractivity contribution in [1.29, 1.82) is 0 Å². The van der Waals surface area contributed by atoms with Crippen LogP contribution in [0.3, 0.4) is 0 Å². The fourth-order valence-corrected chi connectivity index (χ4v) is 3.55. The lowest BCUT2D eigenvalue weighted by molar-refractivity contribution is 0.0944. The van der Waals surface area contributed by atoms with E-state index in [0.29, 0.717) is 34.2 Å². The number of fused-ring (bicyclic) bond motifs is 1. The molecular formula is C23H24N8O3. The van der Waals surface area contributed by atoms with Gasteiger partial charge in [-0.1, -0.05) is 6.07 Å². The number of pyridine rings is 2. The van der Waals surface area contributed by atoms with E-state index >= 15 is 0 Å². The molecule has 4 heterocycles. The third-order valence-corrected chi connectivity index (χ3v) is 5.59. The Kier molecular flexibility index (Phi) is 5.46. The zero-order chi connectivity index (χ0) is 23.8. The van der Waals surface area contributed by atoms with E-state index in [2.05, 4.69) is 31.0 Å². The number of aliphatic hydroxyl groups is 1. The Bertz CT molecular complexity index is 1420. The third-order valence-electron chi connectivity index (χ3n) is 5.59. The maximum atomic E-state index is 13.1. The van der Waals surface area contributed by atoms with Crippen LogP contribution in [-0.2, 0) is 0 Å². The first-order valence-corrected chi connectivity index (χ1v) is 10.9. The quantitative estimate of drug-likeness (QED) is 0.329. The first-order chi connectivity index (χ1) is 16.4. The largest absolute Gasteiger partial charge is 0.389 e. The van der Waals surface area contributed by atoms with E-state index in [0.717, 1.165) is 12.8 Å². The van der Waals surface area contributed by atoms with Crippen molar-refractivity contribution in [2.45, 2.75) is 31.9 Å². The molecule has 0 spiro atoms. The van der Waals surface area contributed by atoms with Crippen molar-refractivity contribution < 1.29 is 9.90 Å². The molecule has 174 valence electrons. The molecule has 4 aromatic heterocycles. The molecule has 0 bridgehead atoms. The van der Waals surface area contributed by atoms with Gasteiger partial charge in [-0.15, -0.1) is 5.10 Å². The number of carbonyl (C=O) groups is 1. The molecule has 34 heavy (non-hydrogen) atoms. The van der Waals surface area contributed by atoms with Gasteiger partial charge in [0.05, 0.1) is 18.0 Å². The number of rotatable bonds is 7.